The fourth-order valence-electron chi connectivity index (χ4n) is 3.25. The Morgan fingerprint density at radius 3 is 2.52 bits per heavy atom. The number of carbonyl (C=O) groups excluding carboxylic acids is 1. The number of hydrogen-bond donors (Lipinski definition) is 1. The zero-order valence-electron chi connectivity index (χ0n) is 17.0. The molecular formula is C22H20BrFN6O. The van der Waals surface area contributed by atoms with Crippen molar-refractivity contribution >= 4 is 27.8 Å². The molecule has 0 spiro atoms. The zero-order chi connectivity index (χ0) is 22.0. The van der Waals surface area contributed by atoms with Gasteiger partial charge in [0, 0.05) is 4.47 Å². The number of amides is 1. The number of nitrogens with zero attached hydrogens (tertiary/aromatic N) is 5. The van der Waals surface area contributed by atoms with E-state index in [0.29, 0.717) is 17.8 Å². The van der Waals surface area contributed by atoms with Crippen molar-refractivity contribution in [2.75, 3.05) is 5.32 Å². The average Bonchev–Trinajstić information content (AvgIpc) is 3.37. The molecular weight excluding hydrogens is 463 g/mol. The molecule has 4 aromatic rings. The minimum absolute atomic E-state index is 0.0104. The van der Waals surface area contributed by atoms with Gasteiger partial charge in [-0.3, -0.25) is 10.1 Å². The van der Waals surface area contributed by atoms with E-state index < -0.39 is 0 Å². The molecule has 0 unspecified atom stereocenters. The molecule has 31 heavy (non-hydrogen) atoms. The Kier molecular flexibility index (Phi) is 5.94. The molecule has 4 rings (SSSR count). The van der Waals surface area contributed by atoms with Crippen LogP contribution in [-0.4, -0.2) is 30.5 Å². The Morgan fingerprint density at radius 2 is 1.84 bits per heavy atom. The molecule has 0 bridgehead atoms. The minimum atomic E-state index is -0.349. The van der Waals surface area contributed by atoms with Crippen LogP contribution < -0.4 is 5.32 Å². The van der Waals surface area contributed by atoms with Gasteiger partial charge in [-0.05, 0) is 47.9 Å². The second-order valence-corrected chi connectivity index (χ2v) is 8.25. The number of rotatable bonds is 6. The molecule has 0 saturated carbocycles. The Hall–Kier alpha value is -3.33. The lowest BCUT2D eigenvalue weighted by molar-refractivity contribution is 0.102. The van der Waals surface area contributed by atoms with Gasteiger partial charge in [-0.15, -0.1) is 5.10 Å². The molecule has 0 fully saturated rings. The van der Waals surface area contributed by atoms with Crippen LogP contribution in [0.2, 0.25) is 0 Å². The van der Waals surface area contributed by atoms with Crippen molar-refractivity contribution in [2.45, 2.75) is 26.3 Å². The average molecular weight is 483 g/mol. The van der Waals surface area contributed by atoms with E-state index in [1.807, 2.05) is 38.1 Å². The predicted octanol–water partition coefficient (Wildman–Crippen LogP) is 4.79. The van der Waals surface area contributed by atoms with Crippen LogP contribution in [-0.2, 0) is 6.54 Å². The number of aromatic nitrogens is 5. The highest BCUT2D eigenvalue weighted by molar-refractivity contribution is 9.10. The summed E-state index contributed by atoms with van der Waals surface area (Å²) in [6.45, 7) is 4.48. The number of hydrogen-bond acceptors (Lipinski definition) is 4. The first-order valence-corrected chi connectivity index (χ1v) is 10.5. The van der Waals surface area contributed by atoms with E-state index in [1.54, 1.807) is 27.8 Å². The third-order valence-electron chi connectivity index (χ3n) is 4.69. The lowest BCUT2D eigenvalue weighted by atomic mass is 10.1. The monoisotopic (exact) mass is 482 g/mol. The summed E-state index contributed by atoms with van der Waals surface area (Å²) in [6.07, 6.45) is 3.08. The third kappa shape index (κ3) is 4.72. The van der Waals surface area contributed by atoms with E-state index in [0.717, 1.165) is 15.7 Å². The van der Waals surface area contributed by atoms with Gasteiger partial charge in [0.15, 0.2) is 0 Å². The first-order valence-electron chi connectivity index (χ1n) is 9.70. The van der Waals surface area contributed by atoms with Crippen LogP contribution in [0.4, 0.5) is 10.3 Å². The van der Waals surface area contributed by atoms with Crippen LogP contribution in [0.25, 0.3) is 5.69 Å². The Bertz CT molecular complexity index is 1200. The van der Waals surface area contributed by atoms with Crippen molar-refractivity contribution in [1.82, 2.24) is 24.5 Å². The first kappa shape index (κ1) is 20.9. The third-order valence-corrected chi connectivity index (χ3v) is 5.22. The second kappa shape index (κ2) is 8.81. The molecule has 0 saturated heterocycles. The summed E-state index contributed by atoms with van der Waals surface area (Å²) in [4.78, 5) is 17.1. The highest BCUT2D eigenvalue weighted by Gasteiger charge is 2.22. The van der Waals surface area contributed by atoms with E-state index in [2.05, 4.69) is 36.4 Å². The SMILES string of the molecule is CC(C)c1c(C(=O)Nc2ncn(Cc3ccc(Br)cc3)n2)cnn1-c1ccc(F)cc1. The molecule has 158 valence electrons. The lowest BCUT2D eigenvalue weighted by Crippen LogP contribution is -2.16. The fraction of sp³-hybridized carbons (Fsp3) is 0.182. The van der Waals surface area contributed by atoms with Crippen LogP contribution in [0.3, 0.4) is 0 Å². The zero-order valence-corrected chi connectivity index (χ0v) is 18.5. The standard InChI is InChI=1S/C22H20BrFN6O/c1-14(2)20-19(11-26-30(20)18-9-7-17(24)8-10-18)21(31)27-22-25-13-29(28-22)12-15-3-5-16(23)6-4-15/h3-11,13-14H,12H2,1-2H3,(H,27,28,31). The van der Waals surface area contributed by atoms with Crippen LogP contribution in [0, 0.1) is 5.82 Å². The second-order valence-electron chi connectivity index (χ2n) is 7.33. The molecule has 1 amide bonds. The van der Waals surface area contributed by atoms with Gasteiger partial charge in [0.25, 0.3) is 5.91 Å². The number of carbonyl (C=O) groups is 1. The van der Waals surface area contributed by atoms with Crippen molar-refractivity contribution in [3.8, 4) is 5.69 Å². The summed E-state index contributed by atoms with van der Waals surface area (Å²) in [7, 11) is 0. The summed E-state index contributed by atoms with van der Waals surface area (Å²) in [5.41, 5.74) is 2.89. The molecule has 2 aromatic heterocycles. The van der Waals surface area contributed by atoms with Crippen LogP contribution in [0.5, 0.6) is 0 Å². The first-order chi connectivity index (χ1) is 14.9. The summed E-state index contributed by atoms with van der Waals surface area (Å²) >= 11 is 3.41. The molecule has 1 N–H and O–H groups in total. The molecule has 2 heterocycles. The van der Waals surface area contributed by atoms with Gasteiger partial charge in [0.05, 0.1) is 29.7 Å². The fourth-order valence-corrected chi connectivity index (χ4v) is 3.51. The molecule has 0 aliphatic heterocycles. The number of nitrogens with one attached hydrogen (secondary N) is 1. The molecule has 0 aliphatic carbocycles. The summed E-state index contributed by atoms with van der Waals surface area (Å²) in [5.74, 6) is -0.453. The molecule has 7 nitrogen and oxygen atoms in total. The lowest BCUT2D eigenvalue weighted by Gasteiger charge is -2.12. The molecule has 0 radical (unpaired) electrons. The van der Waals surface area contributed by atoms with Crippen molar-refractivity contribution in [3.63, 3.8) is 0 Å². The van der Waals surface area contributed by atoms with Crippen LogP contribution in [0.1, 0.15) is 41.4 Å². The van der Waals surface area contributed by atoms with Gasteiger partial charge in [-0.25, -0.2) is 18.7 Å². The smallest absolute Gasteiger partial charge is 0.261 e. The summed E-state index contributed by atoms with van der Waals surface area (Å²) in [6, 6.07) is 13.9. The number of benzene rings is 2. The van der Waals surface area contributed by atoms with E-state index >= 15 is 0 Å². The van der Waals surface area contributed by atoms with Gasteiger partial charge in [-0.1, -0.05) is 41.9 Å². The minimum Gasteiger partial charge on any atom is -0.289 e. The van der Waals surface area contributed by atoms with Crippen LogP contribution in [0.15, 0.2) is 65.5 Å². The number of halogens is 2. The normalized spacial score (nSPS) is 11.1. The van der Waals surface area contributed by atoms with Crippen molar-refractivity contribution in [3.05, 3.63) is 88.2 Å². The van der Waals surface area contributed by atoms with E-state index in [-0.39, 0.29) is 23.6 Å². The van der Waals surface area contributed by atoms with Crippen molar-refractivity contribution < 1.29 is 9.18 Å². The van der Waals surface area contributed by atoms with E-state index in [1.165, 1.54) is 18.3 Å². The molecule has 2 aromatic carbocycles. The van der Waals surface area contributed by atoms with Crippen molar-refractivity contribution in [1.29, 1.82) is 0 Å². The van der Waals surface area contributed by atoms with Gasteiger partial charge >= 0.3 is 0 Å². The van der Waals surface area contributed by atoms with E-state index in [4.69, 9.17) is 0 Å². The highest BCUT2D eigenvalue weighted by atomic mass is 79.9. The number of anilines is 1. The van der Waals surface area contributed by atoms with E-state index in [9.17, 15) is 9.18 Å². The maximum atomic E-state index is 13.3. The maximum absolute atomic E-state index is 13.3. The largest absolute Gasteiger partial charge is 0.289 e. The quantitative estimate of drug-likeness (QED) is 0.428. The van der Waals surface area contributed by atoms with Gasteiger partial charge in [0.2, 0.25) is 5.95 Å². The molecule has 0 aliphatic rings. The van der Waals surface area contributed by atoms with Gasteiger partial charge in [0.1, 0.15) is 12.1 Å². The summed E-state index contributed by atoms with van der Waals surface area (Å²) in [5, 5.41) is 11.4. The van der Waals surface area contributed by atoms with Gasteiger partial charge < -0.3 is 0 Å². The maximum Gasteiger partial charge on any atom is 0.261 e. The van der Waals surface area contributed by atoms with Crippen molar-refractivity contribution in [2.24, 2.45) is 0 Å². The van der Waals surface area contributed by atoms with Gasteiger partial charge in [-0.2, -0.15) is 5.10 Å². The summed E-state index contributed by atoms with van der Waals surface area (Å²) < 4.78 is 17.6. The molecule has 0 atom stereocenters. The Labute approximate surface area is 187 Å². The Morgan fingerprint density at radius 1 is 1.13 bits per heavy atom. The topological polar surface area (TPSA) is 77.6 Å². The molecule has 9 heteroatoms. The Balaban J connectivity index is 1.53. The predicted molar refractivity (Wildman–Crippen MR) is 119 cm³/mol. The highest BCUT2D eigenvalue weighted by Crippen LogP contribution is 2.24. The van der Waals surface area contributed by atoms with Crippen LogP contribution >= 0.6 is 15.9 Å².